The van der Waals surface area contributed by atoms with Gasteiger partial charge in [0, 0.05) is 6.54 Å². The van der Waals surface area contributed by atoms with Crippen LogP contribution in [0.1, 0.15) is 23.1 Å². The van der Waals surface area contributed by atoms with Crippen LogP contribution in [0.15, 0.2) is 75.9 Å². The van der Waals surface area contributed by atoms with Crippen molar-refractivity contribution in [1.82, 2.24) is 10.3 Å². The molecule has 1 unspecified atom stereocenters. The van der Waals surface area contributed by atoms with E-state index in [2.05, 4.69) is 38.4 Å². The maximum Gasteiger partial charge on any atom is 0.125 e. The van der Waals surface area contributed by atoms with Gasteiger partial charge in [-0.1, -0.05) is 36.4 Å². The fourth-order valence-electron chi connectivity index (χ4n) is 2.24. The van der Waals surface area contributed by atoms with Gasteiger partial charge < -0.3 is 4.42 Å². The molecule has 0 aliphatic heterocycles. The number of nitrogens with zero attached hydrogens (tertiary/aromatic N) is 1. The van der Waals surface area contributed by atoms with Crippen molar-refractivity contribution in [2.75, 3.05) is 0 Å². The van der Waals surface area contributed by atoms with Gasteiger partial charge in [0.05, 0.1) is 18.0 Å². The van der Waals surface area contributed by atoms with E-state index in [-0.39, 0.29) is 6.04 Å². The van der Waals surface area contributed by atoms with Gasteiger partial charge in [0.1, 0.15) is 10.4 Å². The van der Waals surface area contributed by atoms with Gasteiger partial charge in [0.25, 0.3) is 0 Å². The Balaban J connectivity index is 1.80. The summed E-state index contributed by atoms with van der Waals surface area (Å²) in [5, 5.41) is 3.50. The minimum absolute atomic E-state index is 0.0157. The van der Waals surface area contributed by atoms with Crippen LogP contribution >= 0.6 is 15.9 Å². The maximum atomic E-state index is 5.57. The first-order valence-corrected chi connectivity index (χ1v) is 7.55. The van der Waals surface area contributed by atoms with Crippen molar-refractivity contribution in [3.05, 3.63) is 88.5 Å². The van der Waals surface area contributed by atoms with Crippen LogP contribution < -0.4 is 5.32 Å². The van der Waals surface area contributed by atoms with Gasteiger partial charge >= 0.3 is 0 Å². The van der Waals surface area contributed by atoms with Crippen LogP contribution in [0.3, 0.4) is 0 Å². The summed E-state index contributed by atoms with van der Waals surface area (Å²) < 4.78 is 6.41. The van der Waals surface area contributed by atoms with Gasteiger partial charge in [-0.05, 0) is 45.8 Å². The zero-order valence-corrected chi connectivity index (χ0v) is 13.0. The van der Waals surface area contributed by atoms with Crippen molar-refractivity contribution >= 4 is 15.9 Å². The van der Waals surface area contributed by atoms with Gasteiger partial charge in [-0.3, -0.25) is 5.32 Å². The predicted octanol–water partition coefficient (Wildman–Crippen LogP) is 4.32. The number of nitrogens with one attached hydrogen (secondary N) is 1. The second-order valence-electron chi connectivity index (χ2n) is 4.69. The van der Waals surface area contributed by atoms with Gasteiger partial charge in [-0.15, -0.1) is 0 Å². The lowest BCUT2D eigenvalue weighted by molar-refractivity contribution is 0.444. The van der Waals surface area contributed by atoms with Crippen LogP contribution in [0.2, 0.25) is 0 Å². The van der Waals surface area contributed by atoms with E-state index < -0.39 is 0 Å². The average Bonchev–Trinajstić information content (AvgIpc) is 3.03. The summed E-state index contributed by atoms with van der Waals surface area (Å²) in [5.41, 5.74) is 2.15. The van der Waals surface area contributed by atoms with Crippen LogP contribution in [0.4, 0.5) is 0 Å². The summed E-state index contributed by atoms with van der Waals surface area (Å²) in [5.74, 6) is 0.899. The quantitative estimate of drug-likeness (QED) is 0.702. The molecular weight excluding hydrogens is 328 g/mol. The van der Waals surface area contributed by atoms with Crippen molar-refractivity contribution < 1.29 is 4.42 Å². The number of benzene rings is 1. The molecule has 1 N–H and O–H groups in total. The molecular formula is C17H15BrN2O. The van der Waals surface area contributed by atoms with Gasteiger partial charge in [0.15, 0.2) is 0 Å². The molecule has 0 bridgehead atoms. The monoisotopic (exact) mass is 342 g/mol. The van der Waals surface area contributed by atoms with E-state index >= 15 is 0 Å². The number of furan rings is 1. The van der Waals surface area contributed by atoms with Crippen molar-refractivity contribution in [2.24, 2.45) is 0 Å². The Morgan fingerprint density at radius 2 is 1.86 bits per heavy atom. The van der Waals surface area contributed by atoms with Crippen LogP contribution in [0, 0.1) is 0 Å². The van der Waals surface area contributed by atoms with Crippen LogP contribution in [-0.4, -0.2) is 4.98 Å². The summed E-state index contributed by atoms with van der Waals surface area (Å²) in [4.78, 5) is 4.44. The van der Waals surface area contributed by atoms with Crippen molar-refractivity contribution in [3.63, 3.8) is 0 Å². The lowest BCUT2D eigenvalue weighted by atomic mass is 10.0. The second kappa shape index (κ2) is 6.70. The molecule has 0 saturated heterocycles. The Morgan fingerprint density at radius 3 is 2.57 bits per heavy atom. The van der Waals surface area contributed by atoms with Crippen LogP contribution in [-0.2, 0) is 6.54 Å². The summed E-state index contributed by atoms with van der Waals surface area (Å²) in [6, 6.07) is 20.1. The van der Waals surface area contributed by atoms with E-state index in [1.807, 2.05) is 48.5 Å². The highest BCUT2D eigenvalue weighted by molar-refractivity contribution is 9.10. The minimum atomic E-state index is 0.0157. The Bertz CT molecular complexity index is 683. The molecule has 1 aromatic carbocycles. The summed E-state index contributed by atoms with van der Waals surface area (Å²) in [6.45, 7) is 0.666. The Morgan fingerprint density at radius 1 is 1.00 bits per heavy atom. The first kappa shape index (κ1) is 14.0. The average molecular weight is 343 g/mol. The first-order valence-electron chi connectivity index (χ1n) is 6.76. The lowest BCUT2D eigenvalue weighted by Crippen LogP contribution is -2.22. The van der Waals surface area contributed by atoms with Crippen LogP contribution in [0.5, 0.6) is 0 Å². The van der Waals surface area contributed by atoms with E-state index in [1.165, 1.54) is 5.56 Å². The van der Waals surface area contributed by atoms with E-state index in [4.69, 9.17) is 4.42 Å². The number of rotatable bonds is 5. The van der Waals surface area contributed by atoms with Crippen molar-refractivity contribution in [3.8, 4) is 0 Å². The van der Waals surface area contributed by atoms with Crippen LogP contribution in [0.25, 0.3) is 0 Å². The SMILES string of the molecule is Brc1cccc(CNC(c2ccccc2)c2ccco2)n1. The highest BCUT2D eigenvalue weighted by atomic mass is 79.9. The zero-order chi connectivity index (χ0) is 14.5. The third kappa shape index (κ3) is 3.60. The number of aromatic nitrogens is 1. The van der Waals surface area contributed by atoms with Crippen molar-refractivity contribution in [2.45, 2.75) is 12.6 Å². The first-order chi connectivity index (χ1) is 10.3. The summed E-state index contributed by atoms with van der Waals surface area (Å²) >= 11 is 3.40. The minimum Gasteiger partial charge on any atom is -0.467 e. The van der Waals surface area contributed by atoms with Gasteiger partial charge in [-0.25, -0.2) is 4.98 Å². The standard InChI is InChI=1S/C17H15BrN2O/c18-16-10-4-8-14(20-16)12-19-17(15-9-5-11-21-15)13-6-2-1-3-7-13/h1-11,17,19H,12H2. The summed E-state index contributed by atoms with van der Waals surface area (Å²) in [7, 11) is 0. The van der Waals surface area contributed by atoms with Crippen molar-refractivity contribution in [1.29, 1.82) is 0 Å². The molecule has 0 spiro atoms. The zero-order valence-electron chi connectivity index (χ0n) is 11.4. The fourth-order valence-corrected chi connectivity index (χ4v) is 2.62. The third-order valence-electron chi connectivity index (χ3n) is 3.22. The molecule has 2 heterocycles. The Hall–Kier alpha value is -1.91. The molecule has 0 fully saturated rings. The van der Waals surface area contributed by atoms with Gasteiger partial charge in [-0.2, -0.15) is 0 Å². The smallest absolute Gasteiger partial charge is 0.125 e. The summed E-state index contributed by atoms with van der Waals surface area (Å²) in [6.07, 6.45) is 1.70. The molecule has 2 aromatic heterocycles. The number of hydrogen-bond donors (Lipinski definition) is 1. The molecule has 0 amide bonds. The molecule has 0 radical (unpaired) electrons. The number of hydrogen-bond acceptors (Lipinski definition) is 3. The molecule has 0 saturated carbocycles. The van der Waals surface area contributed by atoms with E-state index in [9.17, 15) is 0 Å². The van der Waals surface area contributed by atoms with E-state index in [0.29, 0.717) is 6.54 Å². The number of pyridine rings is 1. The third-order valence-corrected chi connectivity index (χ3v) is 3.66. The fraction of sp³-hybridized carbons (Fsp3) is 0.118. The molecule has 21 heavy (non-hydrogen) atoms. The normalized spacial score (nSPS) is 12.2. The molecule has 3 nitrogen and oxygen atoms in total. The highest BCUT2D eigenvalue weighted by Crippen LogP contribution is 2.22. The lowest BCUT2D eigenvalue weighted by Gasteiger charge is -2.17. The molecule has 0 aliphatic carbocycles. The Labute approximate surface area is 132 Å². The number of halogens is 1. The molecule has 1 atom stereocenters. The van der Waals surface area contributed by atoms with Gasteiger partial charge in [0.2, 0.25) is 0 Å². The molecule has 4 heteroatoms. The largest absolute Gasteiger partial charge is 0.467 e. The van der Waals surface area contributed by atoms with E-state index in [0.717, 1.165) is 16.1 Å². The topological polar surface area (TPSA) is 38.1 Å². The predicted molar refractivity (Wildman–Crippen MR) is 85.8 cm³/mol. The molecule has 106 valence electrons. The maximum absolute atomic E-state index is 5.57. The van der Waals surface area contributed by atoms with E-state index in [1.54, 1.807) is 6.26 Å². The molecule has 3 aromatic rings. The Kier molecular flexibility index (Phi) is 4.48. The second-order valence-corrected chi connectivity index (χ2v) is 5.50. The molecule has 3 rings (SSSR count). The highest BCUT2D eigenvalue weighted by Gasteiger charge is 2.16. The molecule has 0 aliphatic rings.